The Balaban J connectivity index is 1.40. The summed E-state index contributed by atoms with van der Waals surface area (Å²) in [6.07, 6.45) is 2.60. The summed E-state index contributed by atoms with van der Waals surface area (Å²) in [4.78, 5) is 20.8. The Morgan fingerprint density at radius 3 is 2.45 bits per heavy atom. The van der Waals surface area contributed by atoms with E-state index in [1.54, 1.807) is 11.0 Å². The number of ether oxygens (including phenoxy) is 2. The van der Waals surface area contributed by atoms with Crippen LogP contribution in [0.3, 0.4) is 0 Å². The third-order valence-corrected chi connectivity index (χ3v) is 7.71. The Morgan fingerprint density at radius 2 is 1.69 bits per heavy atom. The fraction of sp³-hybridized carbons (Fsp3) is 0.171. The van der Waals surface area contributed by atoms with Crippen LogP contribution in [0.1, 0.15) is 34.7 Å². The van der Waals surface area contributed by atoms with E-state index in [0.717, 1.165) is 34.4 Å². The molecule has 1 heterocycles. The average molecular weight is 574 g/mol. The lowest BCUT2D eigenvalue weighted by Gasteiger charge is -2.15. The summed E-state index contributed by atoms with van der Waals surface area (Å²) in [6.45, 7) is 5.18. The number of nitriles is 1. The van der Waals surface area contributed by atoms with E-state index < -0.39 is 0 Å². The summed E-state index contributed by atoms with van der Waals surface area (Å²) in [7, 11) is 0. The summed E-state index contributed by atoms with van der Waals surface area (Å²) >= 11 is 1.38. The third kappa shape index (κ3) is 7.09. The summed E-state index contributed by atoms with van der Waals surface area (Å²) in [6, 6.07) is 33.3. The molecule has 4 aromatic rings. The third-order valence-electron chi connectivity index (χ3n) is 6.70. The number of rotatable bonds is 10. The zero-order valence-corrected chi connectivity index (χ0v) is 24.4. The van der Waals surface area contributed by atoms with Gasteiger partial charge in [0.25, 0.3) is 5.91 Å². The van der Waals surface area contributed by atoms with Gasteiger partial charge in [-0.15, -0.1) is 0 Å². The second-order valence-electron chi connectivity index (χ2n) is 9.73. The molecule has 0 atom stereocenters. The molecule has 0 unspecified atom stereocenters. The lowest BCUT2D eigenvalue weighted by Crippen LogP contribution is -2.31. The number of benzene rings is 4. The Kier molecular flexibility index (Phi) is 9.37. The lowest BCUT2D eigenvalue weighted by atomic mass is 10.1. The number of thioether (sulfide) groups is 1. The minimum atomic E-state index is -0.0758. The second kappa shape index (κ2) is 13.7. The molecule has 1 amide bonds. The number of aliphatic imine (C=N–C) groups is 1. The van der Waals surface area contributed by atoms with Crippen LogP contribution in [0.25, 0.3) is 6.08 Å². The van der Waals surface area contributed by atoms with Crippen LogP contribution in [-0.4, -0.2) is 29.1 Å². The van der Waals surface area contributed by atoms with Crippen LogP contribution in [0.5, 0.6) is 11.5 Å². The van der Waals surface area contributed by atoms with E-state index in [9.17, 15) is 10.1 Å². The van der Waals surface area contributed by atoms with E-state index in [1.807, 2.05) is 98.8 Å². The van der Waals surface area contributed by atoms with Gasteiger partial charge in [-0.3, -0.25) is 9.69 Å². The fourth-order valence-corrected chi connectivity index (χ4v) is 5.49. The highest BCUT2D eigenvalue weighted by atomic mass is 32.2. The molecule has 7 heteroatoms. The Labute approximate surface area is 250 Å². The zero-order chi connectivity index (χ0) is 29.3. The van der Waals surface area contributed by atoms with Gasteiger partial charge in [0, 0.05) is 12.1 Å². The normalized spacial score (nSPS) is 14.8. The Hall–Kier alpha value is -4.80. The summed E-state index contributed by atoms with van der Waals surface area (Å²) < 4.78 is 11.9. The van der Waals surface area contributed by atoms with Crippen molar-refractivity contribution < 1.29 is 14.3 Å². The van der Waals surface area contributed by atoms with E-state index >= 15 is 0 Å². The first-order valence-corrected chi connectivity index (χ1v) is 14.6. The maximum absolute atomic E-state index is 13.7. The van der Waals surface area contributed by atoms with Crippen molar-refractivity contribution in [2.75, 3.05) is 13.2 Å². The van der Waals surface area contributed by atoms with Crippen LogP contribution >= 0.6 is 11.8 Å². The number of nitrogens with zero attached hydrogens (tertiary/aromatic N) is 3. The van der Waals surface area contributed by atoms with Gasteiger partial charge in [-0.25, -0.2) is 4.99 Å². The molecule has 0 aromatic heterocycles. The first kappa shape index (κ1) is 28.7. The van der Waals surface area contributed by atoms with Crippen molar-refractivity contribution in [2.24, 2.45) is 4.99 Å². The van der Waals surface area contributed by atoms with Crippen LogP contribution in [-0.2, 0) is 17.8 Å². The minimum absolute atomic E-state index is 0.0758. The smallest absolute Gasteiger partial charge is 0.266 e. The van der Waals surface area contributed by atoms with Gasteiger partial charge in [-0.2, -0.15) is 5.26 Å². The number of carbonyl (C=O) groups excluding carboxylic acids is 1. The van der Waals surface area contributed by atoms with E-state index in [0.29, 0.717) is 40.3 Å². The maximum Gasteiger partial charge on any atom is 0.266 e. The molecule has 0 bridgehead atoms. The van der Waals surface area contributed by atoms with E-state index in [4.69, 9.17) is 14.5 Å². The monoisotopic (exact) mass is 573 g/mol. The molecule has 0 saturated carbocycles. The second-order valence-corrected chi connectivity index (χ2v) is 10.7. The van der Waals surface area contributed by atoms with Crippen LogP contribution in [0, 0.1) is 18.3 Å². The van der Waals surface area contributed by atoms with Crippen molar-refractivity contribution in [3.05, 3.63) is 130 Å². The Bertz CT molecular complexity index is 1660. The van der Waals surface area contributed by atoms with Gasteiger partial charge < -0.3 is 9.47 Å². The van der Waals surface area contributed by atoms with Gasteiger partial charge in [0.05, 0.1) is 28.8 Å². The SMILES string of the molecule is CCOc1cc(/C=C2/SC(=Nc3ccc(C)cc3)N(CCc3ccccc3)C2=O)ccc1OCc1ccccc1C#N. The van der Waals surface area contributed by atoms with Crippen LogP contribution in [0.15, 0.2) is 107 Å². The van der Waals surface area contributed by atoms with Crippen molar-refractivity contribution in [2.45, 2.75) is 26.9 Å². The summed E-state index contributed by atoms with van der Waals surface area (Å²) in [5.41, 5.74) is 5.32. The van der Waals surface area contributed by atoms with Crippen molar-refractivity contribution >= 4 is 34.6 Å². The molecule has 42 heavy (non-hydrogen) atoms. The molecule has 0 N–H and O–H groups in total. The molecule has 6 nitrogen and oxygen atoms in total. The van der Waals surface area contributed by atoms with E-state index in [1.165, 1.54) is 11.8 Å². The van der Waals surface area contributed by atoms with Crippen LogP contribution in [0.2, 0.25) is 0 Å². The number of carbonyl (C=O) groups is 1. The van der Waals surface area contributed by atoms with Crippen LogP contribution < -0.4 is 9.47 Å². The number of aryl methyl sites for hydroxylation is 1. The number of amides is 1. The first-order valence-electron chi connectivity index (χ1n) is 13.8. The van der Waals surface area contributed by atoms with Gasteiger partial charge in [0.15, 0.2) is 16.7 Å². The standard InChI is InChI=1S/C35H31N3O3S/c1-3-40-32-21-27(15-18-31(32)41-24-29-12-8-7-11-28(29)23-36)22-33-34(39)38(20-19-26-9-5-4-6-10-26)35(42-33)37-30-16-13-25(2)14-17-30/h4-18,21-22H,3,19-20,24H2,1-2H3/b33-22+,37-35?. The average Bonchev–Trinajstić information content (AvgIpc) is 3.30. The Morgan fingerprint density at radius 1 is 0.929 bits per heavy atom. The highest BCUT2D eigenvalue weighted by molar-refractivity contribution is 8.18. The highest BCUT2D eigenvalue weighted by Crippen LogP contribution is 2.36. The largest absolute Gasteiger partial charge is 0.490 e. The zero-order valence-electron chi connectivity index (χ0n) is 23.6. The quantitative estimate of drug-likeness (QED) is 0.182. The lowest BCUT2D eigenvalue weighted by molar-refractivity contribution is -0.122. The van der Waals surface area contributed by atoms with Gasteiger partial charge >= 0.3 is 0 Å². The van der Waals surface area contributed by atoms with Gasteiger partial charge in [0.2, 0.25) is 0 Å². The number of hydrogen-bond acceptors (Lipinski definition) is 6. The molecule has 5 rings (SSSR count). The van der Waals surface area contributed by atoms with Crippen molar-refractivity contribution in [3.63, 3.8) is 0 Å². The van der Waals surface area contributed by atoms with Crippen LogP contribution in [0.4, 0.5) is 5.69 Å². The van der Waals surface area contributed by atoms with Crippen molar-refractivity contribution in [3.8, 4) is 17.6 Å². The first-order chi connectivity index (χ1) is 20.5. The molecule has 0 aliphatic carbocycles. The molecular formula is C35H31N3O3S. The fourth-order valence-electron chi connectivity index (χ4n) is 4.47. The maximum atomic E-state index is 13.7. The summed E-state index contributed by atoms with van der Waals surface area (Å²) in [5.74, 6) is 1.07. The van der Waals surface area contributed by atoms with Gasteiger partial charge in [0.1, 0.15) is 6.61 Å². The molecule has 1 aliphatic rings. The van der Waals surface area contributed by atoms with Gasteiger partial charge in [-0.05, 0) is 79.6 Å². The molecule has 4 aromatic carbocycles. The van der Waals surface area contributed by atoms with E-state index in [-0.39, 0.29) is 12.5 Å². The van der Waals surface area contributed by atoms with E-state index in [2.05, 4.69) is 18.2 Å². The molecule has 210 valence electrons. The molecule has 1 saturated heterocycles. The topological polar surface area (TPSA) is 74.9 Å². The minimum Gasteiger partial charge on any atom is -0.490 e. The molecule has 1 aliphatic heterocycles. The number of hydrogen-bond donors (Lipinski definition) is 0. The predicted molar refractivity (Wildman–Crippen MR) is 169 cm³/mol. The molecule has 0 radical (unpaired) electrons. The molecule has 1 fully saturated rings. The summed E-state index contributed by atoms with van der Waals surface area (Å²) in [5, 5.41) is 10.1. The highest BCUT2D eigenvalue weighted by Gasteiger charge is 2.33. The van der Waals surface area contributed by atoms with Crippen molar-refractivity contribution in [1.29, 1.82) is 5.26 Å². The number of amidine groups is 1. The molecule has 0 spiro atoms. The van der Waals surface area contributed by atoms with Crippen molar-refractivity contribution in [1.82, 2.24) is 4.90 Å². The predicted octanol–water partition coefficient (Wildman–Crippen LogP) is 7.69. The molecular weight excluding hydrogens is 542 g/mol. The van der Waals surface area contributed by atoms with Gasteiger partial charge in [-0.1, -0.05) is 72.3 Å².